The second kappa shape index (κ2) is 5.86. The lowest BCUT2D eigenvalue weighted by molar-refractivity contribution is -0.255. The van der Waals surface area contributed by atoms with E-state index >= 15 is 0 Å². The lowest BCUT2D eigenvalue weighted by atomic mass is 9.93. The molecule has 1 heterocycles. The Kier molecular flexibility index (Phi) is 4.21. The molecule has 0 unspecified atom stereocenters. The van der Waals surface area contributed by atoms with Gasteiger partial charge in [0.05, 0.1) is 22.2 Å². The first-order valence-electron chi connectivity index (χ1n) is 7.82. The molecule has 1 fully saturated rings. The fourth-order valence-electron chi connectivity index (χ4n) is 3.96. The first kappa shape index (κ1) is 18.0. The molecule has 0 aromatic heterocycles. The van der Waals surface area contributed by atoms with E-state index in [1.807, 2.05) is 0 Å². The minimum absolute atomic E-state index is 0.0134. The monoisotopic (exact) mass is 378 g/mol. The van der Waals surface area contributed by atoms with E-state index in [-0.39, 0.29) is 24.1 Å². The topological polar surface area (TPSA) is 104 Å². The molecule has 3 atom stereocenters. The van der Waals surface area contributed by atoms with Gasteiger partial charge in [0.2, 0.25) is 0 Å². The number of nitrogens with two attached hydrogens (primary N) is 1. The number of amidine groups is 1. The van der Waals surface area contributed by atoms with Crippen LogP contribution in [-0.4, -0.2) is 25.0 Å². The molecule has 1 aromatic rings. The van der Waals surface area contributed by atoms with E-state index in [1.165, 1.54) is 0 Å². The van der Waals surface area contributed by atoms with Crippen LogP contribution in [0, 0.1) is 33.5 Å². The number of nitriles is 2. The van der Waals surface area contributed by atoms with Crippen LogP contribution in [0.25, 0.3) is 0 Å². The predicted octanol–water partition coefficient (Wildman–Crippen LogP) is 3.21. The SMILES string of the molecule is CCOC1(OCC)N=C(N)[C@]2(C#N)[C@H](c3cccc(Cl)c3Cl)[C@]12C#N. The third kappa shape index (κ3) is 1.89. The smallest absolute Gasteiger partial charge is 0.293 e. The predicted molar refractivity (Wildman–Crippen MR) is 92.9 cm³/mol. The van der Waals surface area contributed by atoms with Crippen molar-refractivity contribution in [3.63, 3.8) is 0 Å². The van der Waals surface area contributed by atoms with Crippen molar-refractivity contribution in [2.45, 2.75) is 25.7 Å². The second-order valence-electron chi connectivity index (χ2n) is 5.86. The Morgan fingerprint density at radius 2 is 1.84 bits per heavy atom. The molecule has 130 valence electrons. The van der Waals surface area contributed by atoms with Crippen molar-refractivity contribution in [2.24, 2.45) is 21.6 Å². The van der Waals surface area contributed by atoms with Crippen molar-refractivity contribution >= 4 is 29.0 Å². The number of aliphatic imine (C=N–C) groups is 1. The molecule has 1 aliphatic carbocycles. The number of rotatable bonds is 5. The molecule has 2 N–H and O–H groups in total. The van der Waals surface area contributed by atoms with Gasteiger partial charge in [0.25, 0.3) is 5.91 Å². The molecule has 8 heteroatoms. The van der Waals surface area contributed by atoms with Gasteiger partial charge in [-0.15, -0.1) is 0 Å². The minimum atomic E-state index is -1.65. The van der Waals surface area contributed by atoms with Gasteiger partial charge in [-0.2, -0.15) is 10.5 Å². The Labute approximate surface area is 155 Å². The Hall–Kier alpha value is -1.83. The van der Waals surface area contributed by atoms with E-state index in [4.69, 9.17) is 38.4 Å². The normalized spacial score (nSPS) is 31.6. The number of ether oxygens (including phenoxy) is 2. The van der Waals surface area contributed by atoms with Crippen molar-refractivity contribution < 1.29 is 9.47 Å². The standard InChI is InChI=1S/C17H16Cl2N4O2/c1-3-24-17(25-4-2)16(9-21)13(15(16,8-20)14(22)23-17)10-6-5-7-11(18)12(10)19/h5-7,13H,3-4H2,1-2H3,(H2,22,23)/t13-,15-,16-/m0/s1. The van der Waals surface area contributed by atoms with Gasteiger partial charge in [-0.3, -0.25) is 0 Å². The Morgan fingerprint density at radius 1 is 1.20 bits per heavy atom. The molecular weight excluding hydrogens is 363 g/mol. The van der Waals surface area contributed by atoms with E-state index < -0.39 is 22.7 Å². The highest BCUT2D eigenvalue weighted by Crippen LogP contribution is 2.82. The summed E-state index contributed by atoms with van der Waals surface area (Å²) in [6.07, 6.45) is 0. The van der Waals surface area contributed by atoms with Crippen molar-refractivity contribution in [3.8, 4) is 12.1 Å². The highest BCUT2D eigenvalue weighted by atomic mass is 35.5. The average Bonchev–Trinajstić information content (AvgIpc) is 3.16. The zero-order chi connectivity index (χ0) is 18.5. The summed E-state index contributed by atoms with van der Waals surface area (Å²) in [6, 6.07) is 9.48. The van der Waals surface area contributed by atoms with Gasteiger partial charge >= 0.3 is 0 Å². The molecule has 0 radical (unpaired) electrons. The van der Waals surface area contributed by atoms with Crippen LogP contribution in [0.5, 0.6) is 0 Å². The lowest BCUT2D eigenvalue weighted by Crippen LogP contribution is -2.43. The fraction of sp³-hybridized carbons (Fsp3) is 0.471. The second-order valence-corrected chi connectivity index (χ2v) is 6.65. The maximum absolute atomic E-state index is 10.1. The maximum Gasteiger partial charge on any atom is 0.293 e. The van der Waals surface area contributed by atoms with Gasteiger partial charge < -0.3 is 15.2 Å². The van der Waals surface area contributed by atoms with Crippen molar-refractivity contribution in [1.29, 1.82) is 10.5 Å². The van der Waals surface area contributed by atoms with Crippen LogP contribution < -0.4 is 5.73 Å². The lowest BCUT2D eigenvalue weighted by Gasteiger charge is -2.31. The first-order valence-corrected chi connectivity index (χ1v) is 8.58. The number of fused-ring (bicyclic) bond motifs is 1. The number of hydrogen-bond donors (Lipinski definition) is 1. The summed E-state index contributed by atoms with van der Waals surface area (Å²) in [6.45, 7) is 3.98. The highest BCUT2D eigenvalue weighted by molar-refractivity contribution is 6.42. The molecule has 6 nitrogen and oxygen atoms in total. The van der Waals surface area contributed by atoms with Crippen molar-refractivity contribution in [1.82, 2.24) is 0 Å². The molecule has 25 heavy (non-hydrogen) atoms. The first-order chi connectivity index (χ1) is 11.9. The summed E-state index contributed by atoms with van der Waals surface area (Å²) in [5, 5.41) is 20.7. The van der Waals surface area contributed by atoms with Crippen LogP contribution >= 0.6 is 23.2 Å². The number of benzene rings is 1. The van der Waals surface area contributed by atoms with E-state index in [0.29, 0.717) is 10.6 Å². The number of hydrogen-bond acceptors (Lipinski definition) is 6. The van der Waals surface area contributed by atoms with Crippen LogP contribution in [0.2, 0.25) is 10.0 Å². The van der Waals surface area contributed by atoms with E-state index in [1.54, 1.807) is 32.0 Å². The van der Waals surface area contributed by atoms with Gasteiger partial charge in [0.1, 0.15) is 11.3 Å². The molecule has 1 aromatic carbocycles. The quantitative estimate of drug-likeness (QED) is 0.791. The van der Waals surface area contributed by atoms with Crippen LogP contribution in [-0.2, 0) is 9.47 Å². The highest BCUT2D eigenvalue weighted by Gasteiger charge is 2.94. The van der Waals surface area contributed by atoms with Gasteiger partial charge in [-0.25, -0.2) is 4.99 Å². The van der Waals surface area contributed by atoms with Crippen LogP contribution in [0.3, 0.4) is 0 Å². The third-order valence-corrected chi connectivity index (χ3v) is 5.73. The largest absolute Gasteiger partial charge is 0.386 e. The van der Waals surface area contributed by atoms with Gasteiger partial charge in [-0.1, -0.05) is 35.3 Å². The molecule has 2 aliphatic rings. The Morgan fingerprint density at radius 3 is 2.36 bits per heavy atom. The Balaban J connectivity index is 2.27. The number of halogens is 2. The summed E-state index contributed by atoms with van der Waals surface area (Å²) < 4.78 is 11.5. The van der Waals surface area contributed by atoms with Crippen LogP contribution in [0.15, 0.2) is 23.2 Å². The van der Waals surface area contributed by atoms with Crippen LogP contribution in [0.1, 0.15) is 25.3 Å². The van der Waals surface area contributed by atoms with Crippen molar-refractivity contribution in [2.75, 3.05) is 13.2 Å². The molecule has 0 amide bonds. The zero-order valence-electron chi connectivity index (χ0n) is 13.7. The Bertz CT molecular complexity index is 838. The summed E-state index contributed by atoms with van der Waals surface area (Å²) in [5.74, 6) is -2.29. The number of nitrogens with zero attached hydrogens (tertiary/aromatic N) is 3. The third-order valence-electron chi connectivity index (χ3n) is 4.90. The molecule has 1 aliphatic heterocycles. The van der Waals surface area contributed by atoms with E-state index in [9.17, 15) is 10.5 Å². The van der Waals surface area contributed by atoms with Gasteiger partial charge in [0, 0.05) is 19.1 Å². The molecule has 0 bridgehead atoms. The van der Waals surface area contributed by atoms with E-state index in [2.05, 4.69) is 17.1 Å². The summed E-state index contributed by atoms with van der Waals surface area (Å²) in [5.41, 5.74) is 3.87. The summed E-state index contributed by atoms with van der Waals surface area (Å²) >= 11 is 12.5. The fourth-order valence-corrected chi connectivity index (χ4v) is 4.38. The maximum atomic E-state index is 10.1. The van der Waals surface area contributed by atoms with Crippen LogP contribution in [0.4, 0.5) is 0 Å². The van der Waals surface area contributed by atoms with Gasteiger partial charge in [0.15, 0.2) is 5.41 Å². The van der Waals surface area contributed by atoms with E-state index in [0.717, 1.165) is 0 Å². The molecule has 0 spiro atoms. The minimum Gasteiger partial charge on any atom is -0.386 e. The molecular formula is C17H16Cl2N4O2. The van der Waals surface area contributed by atoms with Gasteiger partial charge in [-0.05, 0) is 25.5 Å². The summed E-state index contributed by atoms with van der Waals surface area (Å²) in [4.78, 5) is 4.27. The molecule has 0 saturated heterocycles. The van der Waals surface area contributed by atoms with Crippen molar-refractivity contribution in [3.05, 3.63) is 33.8 Å². The average molecular weight is 379 g/mol. The summed E-state index contributed by atoms with van der Waals surface area (Å²) in [7, 11) is 0. The molecule has 1 saturated carbocycles. The zero-order valence-corrected chi connectivity index (χ0v) is 15.2. The molecule has 3 rings (SSSR count).